The molecule has 3 rings (SSSR count). The standard InChI is InChI=1S/C15H9Br2ClO2/c16-10-5-9-3-4-20-15(9)11(7-10)14(19)8-1-2-12(17)13(18)6-8/h1-2,5-7H,3-4H2. The molecule has 0 spiro atoms. The number of ketones is 1. The second kappa shape index (κ2) is 5.51. The van der Waals surface area contributed by atoms with Crippen LogP contribution in [0.4, 0.5) is 0 Å². The minimum absolute atomic E-state index is 0.0844. The van der Waals surface area contributed by atoms with Crippen LogP contribution in [0.3, 0.4) is 0 Å². The van der Waals surface area contributed by atoms with Crippen LogP contribution >= 0.6 is 43.5 Å². The molecule has 0 unspecified atom stereocenters. The summed E-state index contributed by atoms with van der Waals surface area (Å²) in [5.41, 5.74) is 2.19. The number of halogens is 3. The van der Waals surface area contributed by atoms with Crippen LogP contribution in [0, 0.1) is 0 Å². The summed E-state index contributed by atoms with van der Waals surface area (Å²) in [6.07, 6.45) is 0.830. The highest BCUT2D eigenvalue weighted by Crippen LogP contribution is 2.35. The molecule has 2 aromatic rings. The van der Waals surface area contributed by atoms with Gasteiger partial charge in [-0.1, -0.05) is 27.5 Å². The predicted octanol–water partition coefficient (Wildman–Crippen LogP) is 5.03. The van der Waals surface area contributed by atoms with Crippen LogP contribution in [0.2, 0.25) is 5.02 Å². The number of benzene rings is 2. The first-order chi connectivity index (χ1) is 9.56. The van der Waals surface area contributed by atoms with Crippen LogP contribution in [0.5, 0.6) is 5.75 Å². The first kappa shape index (κ1) is 14.1. The molecule has 0 radical (unpaired) electrons. The van der Waals surface area contributed by atoms with Crippen molar-refractivity contribution < 1.29 is 9.53 Å². The molecule has 0 aliphatic carbocycles. The first-order valence-corrected chi connectivity index (χ1v) is 7.97. The Hall–Kier alpha value is -0.840. The Balaban J connectivity index is 2.09. The molecule has 1 aliphatic rings. The molecular formula is C15H9Br2ClO2. The molecule has 0 amide bonds. The van der Waals surface area contributed by atoms with Gasteiger partial charge in [0.2, 0.25) is 0 Å². The van der Waals surface area contributed by atoms with E-state index in [1.807, 2.05) is 6.07 Å². The van der Waals surface area contributed by atoms with Crippen molar-refractivity contribution in [3.05, 3.63) is 61.0 Å². The van der Waals surface area contributed by atoms with Gasteiger partial charge in [0.1, 0.15) is 5.75 Å². The molecule has 5 heteroatoms. The summed E-state index contributed by atoms with van der Waals surface area (Å²) in [5.74, 6) is 0.607. The van der Waals surface area contributed by atoms with E-state index in [0.717, 1.165) is 20.9 Å². The lowest BCUT2D eigenvalue weighted by Crippen LogP contribution is -2.04. The van der Waals surface area contributed by atoms with Gasteiger partial charge in [-0.15, -0.1) is 0 Å². The third kappa shape index (κ3) is 2.52. The van der Waals surface area contributed by atoms with Crippen LogP contribution in [-0.4, -0.2) is 12.4 Å². The third-order valence-electron chi connectivity index (χ3n) is 3.17. The van der Waals surface area contributed by atoms with E-state index in [-0.39, 0.29) is 5.78 Å². The summed E-state index contributed by atoms with van der Waals surface area (Å²) in [6, 6.07) is 8.97. The van der Waals surface area contributed by atoms with Crippen LogP contribution < -0.4 is 4.74 Å². The van der Waals surface area contributed by atoms with Crippen molar-refractivity contribution in [1.82, 2.24) is 0 Å². The van der Waals surface area contributed by atoms with Gasteiger partial charge in [-0.2, -0.15) is 0 Å². The number of rotatable bonds is 2. The fourth-order valence-electron chi connectivity index (χ4n) is 2.23. The van der Waals surface area contributed by atoms with Crippen molar-refractivity contribution in [3.8, 4) is 5.75 Å². The molecule has 1 heterocycles. The van der Waals surface area contributed by atoms with Crippen molar-refractivity contribution in [1.29, 1.82) is 0 Å². The van der Waals surface area contributed by atoms with Gasteiger partial charge in [-0.3, -0.25) is 4.79 Å². The fraction of sp³-hybridized carbons (Fsp3) is 0.133. The lowest BCUT2D eigenvalue weighted by atomic mass is 10.00. The van der Waals surface area contributed by atoms with Crippen LogP contribution in [0.1, 0.15) is 21.5 Å². The van der Waals surface area contributed by atoms with Gasteiger partial charge in [-0.25, -0.2) is 0 Å². The lowest BCUT2D eigenvalue weighted by molar-refractivity contribution is 0.103. The molecule has 2 nitrogen and oxygen atoms in total. The number of ether oxygens (including phenoxy) is 1. The van der Waals surface area contributed by atoms with E-state index in [4.69, 9.17) is 16.3 Å². The van der Waals surface area contributed by atoms with Crippen molar-refractivity contribution in [3.63, 3.8) is 0 Å². The molecule has 102 valence electrons. The molecule has 0 N–H and O–H groups in total. The van der Waals surface area contributed by atoms with E-state index in [2.05, 4.69) is 31.9 Å². The van der Waals surface area contributed by atoms with E-state index in [0.29, 0.717) is 28.5 Å². The fourth-order valence-corrected chi connectivity index (χ4v) is 3.16. The van der Waals surface area contributed by atoms with Gasteiger partial charge in [0.25, 0.3) is 0 Å². The van der Waals surface area contributed by atoms with Gasteiger partial charge in [0.15, 0.2) is 5.78 Å². The van der Waals surface area contributed by atoms with Gasteiger partial charge in [-0.05, 0) is 51.8 Å². The maximum absolute atomic E-state index is 12.6. The van der Waals surface area contributed by atoms with Gasteiger partial charge in [0.05, 0.1) is 17.2 Å². The molecule has 0 fully saturated rings. The van der Waals surface area contributed by atoms with Crippen LogP contribution in [0.15, 0.2) is 39.3 Å². The van der Waals surface area contributed by atoms with Gasteiger partial charge >= 0.3 is 0 Å². The van der Waals surface area contributed by atoms with E-state index in [9.17, 15) is 4.79 Å². The molecule has 0 saturated heterocycles. The molecule has 2 aromatic carbocycles. The van der Waals surface area contributed by atoms with E-state index in [1.54, 1.807) is 24.3 Å². The maximum Gasteiger partial charge on any atom is 0.196 e. The summed E-state index contributed by atoms with van der Waals surface area (Å²) in [7, 11) is 0. The minimum atomic E-state index is -0.0844. The summed E-state index contributed by atoms with van der Waals surface area (Å²) in [4.78, 5) is 12.6. The Labute approximate surface area is 138 Å². The number of carbonyl (C=O) groups is 1. The maximum atomic E-state index is 12.6. The zero-order valence-electron chi connectivity index (χ0n) is 10.3. The van der Waals surface area contributed by atoms with Gasteiger partial charge in [0, 0.05) is 20.9 Å². The SMILES string of the molecule is O=C(c1ccc(Br)c(Cl)c1)c1cc(Br)cc2c1OCC2. The summed E-state index contributed by atoms with van der Waals surface area (Å²) in [6.45, 7) is 0.618. The van der Waals surface area contributed by atoms with E-state index in [1.165, 1.54) is 0 Å². The predicted molar refractivity (Wildman–Crippen MR) is 85.9 cm³/mol. The Bertz CT molecular complexity index is 713. The highest BCUT2D eigenvalue weighted by atomic mass is 79.9. The summed E-state index contributed by atoms with van der Waals surface area (Å²) < 4.78 is 7.25. The Morgan fingerprint density at radius 2 is 2.00 bits per heavy atom. The Kier molecular flexibility index (Phi) is 3.89. The molecule has 0 saturated carbocycles. The number of fused-ring (bicyclic) bond motifs is 1. The molecular weight excluding hydrogens is 407 g/mol. The van der Waals surface area contributed by atoms with Crippen LogP contribution in [-0.2, 0) is 6.42 Å². The van der Waals surface area contributed by atoms with E-state index < -0.39 is 0 Å². The van der Waals surface area contributed by atoms with Gasteiger partial charge < -0.3 is 4.74 Å². The van der Waals surface area contributed by atoms with Crippen molar-refractivity contribution in [2.24, 2.45) is 0 Å². The average Bonchev–Trinajstić information content (AvgIpc) is 2.88. The van der Waals surface area contributed by atoms with Crippen molar-refractivity contribution in [2.75, 3.05) is 6.61 Å². The van der Waals surface area contributed by atoms with E-state index >= 15 is 0 Å². The topological polar surface area (TPSA) is 26.3 Å². The summed E-state index contributed by atoms with van der Waals surface area (Å²) in [5, 5.41) is 0.517. The number of hydrogen-bond acceptors (Lipinski definition) is 2. The largest absolute Gasteiger partial charge is 0.492 e. The Morgan fingerprint density at radius 3 is 2.75 bits per heavy atom. The van der Waals surface area contributed by atoms with Crippen molar-refractivity contribution >= 4 is 49.2 Å². The third-order valence-corrected chi connectivity index (χ3v) is 4.87. The minimum Gasteiger partial charge on any atom is -0.492 e. The molecule has 0 bridgehead atoms. The molecule has 0 aromatic heterocycles. The lowest BCUT2D eigenvalue weighted by Gasteiger charge is -2.09. The quantitative estimate of drug-likeness (QED) is 0.642. The van der Waals surface area contributed by atoms with Crippen LogP contribution in [0.25, 0.3) is 0 Å². The first-order valence-electron chi connectivity index (χ1n) is 6.01. The number of hydrogen-bond donors (Lipinski definition) is 0. The smallest absolute Gasteiger partial charge is 0.196 e. The second-order valence-electron chi connectivity index (χ2n) is 4.50. The molecule has 0 atom stereocenters. The summed E-state index contributed by atoms with van der Waals surface area (Å²) >= 11 is 12.8. The molecule has 20 heavy (non-hydrogen) atoms. The average molecular weight is 416 g/mol. The highest BCUT2D eigenvalue weighted by Gasteiger charge is 2.23. The monoisotopic (exact) mass is 414 g/mol. The zero-order valence-corrected chi connectivity index (χ0v) is 14.2. The zero-order chi connectivity index (χ0) is 14.3. The Morgan fingerprint density at radius 1 is 1.20 bits per heavy atom. The van der Waals surface area contributed by atoms with Crippen molar-refractivity contribution in [2.45, 2.75) is 6.42 Å². The highest BCUT2D eigenvalue weighted by molar-refractivity contribution is 9.10. The normalized spacial score (nSPS) is 12.9. The second-order valence-corrected chi connectivity index (χ2v) is 6.68. The number of carbonyl (C=O) groups excluding carboxylic acids is 1. The molecule has 1 aliphatic heterocycles.